The first-order valence-corrected chi connectivity index (χ1v) is 8.27. The molecule has 1 amide bonds. The number of amides is 1. The van der Waals surface area contributed by atoms with Gasteiger partial charge in [0.25, 0.3) is 0 Å². The summed E-state index contributed by atoms with van der Waals surface area (Å²) in [6.45, 7) is 0.300. The van der Waals surface area contributed by atoms with Crippen molar-refractivity contribution in [2.45, 2.75) is 44.3 Å². The van der Waals surface area contributed by atoms with Crippen molar-refractivity contribution in [1.82, 2.24) is 4.90 Å². The van der Waals surface area contributed by atoms with Gasteiger partial charge >= 0.3 is 5.97 Å². The Morgan fingerprint density at radius 1 is 1.25 bits per heavy atom. The summed E-state index contributed by atoms with van der Waals surface area (Å²) in [6.07, 6.45) is 8.90. The molecule has 2 aliphatic rings. The zero-order chi connectivity index (χ0) is 17.1. The van der Waals surface area contributed by atoms with Crippen molar-refractivity contribution in [3.8, 4) is 0 Å². The molecule has 2 atom stereocenters. The van der Waals surface area contributed by atoms with E-state index in [1.807, 2.05) is 30.3 Å². The molecule has 0 spiro atoms. The maximum absolute atomic E-state index is 12.8. The number of carbonyl (C=O) groups is 2. The summed E-state index contributed by atoms with van der Waals surface area (Å²) in [5.41, 5.74) is 9.13. The predicted molar refractivity (Wildman–Crippen MR) is 91.2 cm³/mol. The monoisotopic (exact) mass is 326 g/mol. The van der Waals surface area contributed by atoms with Gasteiger partial charge in [-0.1, -0.05) is 48.1 Å². The van der Waals surface area contributed by atoms with Crippen LogP contribution in [-0.2, 0) is 22.6 Å². The van der Waals surface area contributed by atoms with E-state index in [4.69, 9.17) is 5.73 Å². The van der Waals surface area contributed by atoms with Gasteiger partial charge in [-0.25, -0.2) is 4.79 Å². The molecule has 0 saturated heterocycles. The van der Waals surface area contributed by atoms with Crippen molar-refractivity contribution in [2.24, 2.45) is 5.73 Å². The van der Waals surface area contributed by atoms with Gasteiger partial charge in [0.05, 0.1) is 6.04 Å². The average molecular weight is 326 g/mol. The minimum atomic E-state index is -0.984. The van der Waals surface area contributed by atoms with Crippen LogP contribution in [0.1, 0.15) is 30.4 Å². The summed E-state index contributed by atoms with van der Waals surface area (Å²) in [6, 6.07) is 6.08. The van der Waals surface area contributed by atoms with E-state index in [0.717, 1.165) is 29.5 Å². The number of fused-ring (bicyclic) bond motifs is 1. The van der Waals surface area contributed by atoms with E-state index in [2.05, 4.69) is 12.2 Å². The van der Waals surface area contributed by atoms with Gasteiger partial charge in [0.15, 0.2) is 0 Å². The molecule has 0 radical (unpaired) electrons. The number of carboxylic acids is 1. The molecular weight excluding hydrogens is 304 g/mol. The minimum Gasteiger partial charge on any atom is -0.480 e. The molecule has 1 aromatic rings. The van der Waals surface area contributed by atoms with Crippen LogP contribution < -0.4 is 5.73 Å². The third kappa shape index (κ3) is 3.41. The quantitative estimate of drug-likeness (QED) is 0.886. The van der Waals surface area contributed by atoms with Gasteiger partial charge in [0, 0.05) is 13.0 Å². The maximum atomic E-state index is 12.8. The fourth-order valence-electron chi connectivity index (χ4n) is 3.35. The number of nitrogens with zero attached hydrogens (tertiary/aromatic N) is 1. The van der Waals surface area contributed by atoms with Crippen LogP contribution in [0.4, 0.5) is 0 Å². The number of allylic oxidation sites excluding steroid dienone is 3. The van der Waals surface area contributed by atoms with Gasteiger partial charge in [-0.15, -0.1) is 0 Å². The first-order chi connectivity index (χ1) is 11.6. The molecule has 5 nitrogen and oxygen atoms in total. The molecule has 5 heteroatoms. The summed E-state index contributed by atoms with van der Waals surface area (Å²) < 4.78 is 0. The normalized spacial score (nSPS) is 21.0. The zero-order valence-electron chi connectivity index (χ0n) is 13.5. The first kappa shape index (κ1) is 16.5. The highest BCUT2D eigenvalue weighted by Crippen LogP contribution is 2.25. The fourth-order valence-corrected chi connectivity index (χ4v) is 3.35. The van der Waals surface area contributed by atoms with Gasteiger partial charge in [0.2, 0.25) is 5.91 Å². The van der Waals surface area contributed by atoms with Crippen molar-refractivity contribution >= 4 is 11.9 Å². The second-order valence-electron chi connectivity index (χ2n) is 6.36. The molecule has 1 aromatic carbocycles. The molecule has 126 valence electrons. The van der Waals surface area contributed by atoms with E-state index in [-0.39, 0.29) is 5.91 Å². The number of hydrogen-bond donors (Lipinski definition) is 2. The number of aliphatic carboxylic acids is 1. The lowest BCUT2D eigenvalue weighted by Gasteiger charge is -2.36. The minimum absolute atomic E-state index is 0.295. The van der Waals surface area contributed by atoms with Gasteiger partial charge in [-0.2, -0.15) is 0 Å². The number of benzene rings is 1. The third-order valence-corrected chi connectivity index (χ3v) is 4.66. The molecular formula is C19H22N2O3. The van der Waals surface area contributed by atoms with Crippen molar-refractivity contribution < 1.29 is 14.7 Å². The van der Waals surface area contributed by atoms with Crippen LogP contribution in [-0.4, -0.2) is 34.0 Å². The maximum Gasteiger partial charge on any atom is 0.326 e. The van der Waals surface area contributed by atoms with E-state index in [1.54, 1.807) is 0 Å². The van der Waals surface area contributed by atoms with Gasteiger partial charge in [0.1, 0.15) is 6.04 Å². The molecule has 3 rings (SSSR count). The fraction of sp³-hybridized carbons (Fsp3) is 0.368. The molecule has 3 N–H and O–H groups in total. The zero-order valence-corrected chi connectivity index (χ0v) is 13.5. The van der Waals surface area contributed by atoms with E-state index in [0.29, 0.717) is 19.4 Å². The Hall–Kier alpha value is -2.40. The SMILES string of the molecule is NC(CC1=CCCC=C1)C(=O)N1Cc2ccccc2CC1C(=O)O. The number of rotatable bonds is 4. The topological polar surface area (TPSA) is 83.6 Å². The number of nitrogens with two attached hydrogens (primary N) is 1. The Bertz CT molecular complexity index is 708. The van der Waals surface area contributed by atoms with Crippen LogP contribution in [0.2, 0.25) is 0 Å². The molecule has 1 heterocycles. The van der Waals surface area contributed by atoms with Crippen LogP contribution in [0.15, 0.2) is 48.1 Å². The highest BCUT2D eigenvalue weighted by molar-refractivity contribution is 5.88. The average Bonchev–Trinajstić information content (AvgIpc) is 2.60. The Balaban J connectivity index is 1.77. The van der Waals surface area contributed by atoms with Crippen LogP contribution in [0.25, 0.3) is 0 Å². The van der Waals surface area contributed by atoms with Crippen LogP contribution in [0.3, 0.4) is 0 Å². The van der Waals surface area contributed by atoms with Crippen LogP contribution >= 0.6 is 0 Å². The predicted octanol–water partition coefficient (Wildman–Crippen LogP) is 2.02. The lowest BCUT2D eigenvalue weighted by Crippen LogP contribution is -2.53. The summed E-state index contributed by atoms with van der Waals surface area (Å²) >= 11 is 0. The van der Waals surface area contributed by atoms with Crippen LogP contribution in [0.5, 0.6) is 0 Å². The molecule has 2 unspecified atom stereocenters. The van der Waals surface area contributed by atoms with Gasteiger partial charge in [-0.05, 0) is 30.4 Å². The number of carbonyl (C=O) groups excluding carboxylic acids is 1. The van der Waals surface area contributed by atoms with Crippen LogP contribution in [0, 0.1) is 0 Å². The summed E-state index contributed by atoms with van der Waals surface area (Å²) in [7, 11) is 0. The molecule has 1 aliphatic carbocycles. The van der Waals surface area contributed by atoms with E-state index in [9.17, 15) is 14.7 Å². The van der Waals surface area contributed by atoms with Crippen molar-refractivity contribution in [3.63, 3.8) is 0 Å². The van der Waals surface area contributed by atoms with Gasteiger partial charge < -0.3 is 15.7 Å². The Kier molecular flexibility index (Phi) is 4.81. The summed E-state index contributed by atoms with van der Waals surface area (Å²) in [5.74, 6) is -1.28. The largest absolute Gasteiger partial charge is 0.480 e. The van der Waals surface area contributed by atoms with Crippen molar-refractivity contribution in [3.05, 3.63) is 59.2 Å². The van der Waals surface area contributed by atoms with Crippen molar-refractivity contribution in [1.29, 1.82) is 0 Å². The lowest BCUT2D eigenvalue weighted by molar-refractivity contribution is -0.152. The second kappa shape index (κ2) is 7.01. The third-order valence-electron chi connectivity index (χ3n) is 4.66. The highest BCUT2D eigenvalue weighted by Gasteiger charge is 2.36. The smallest absolute Gasteiger partial charge is 0.326 e. The van der Waals surface area contributed by atoms with E-state index in [1.165, 1.54) is 4.90 Å². The Labute approximate surface area is 141 Å². The highest BCUT2D eigenvalue weighted by atomic mass is 16.4. The Morgan fingerprint density at radius 2 is 2.00 bits per heavy atom. The molecule has 1 aliphatic heterocycles. The first-order valence-electron chi connectivity index (χ1n) is 8.27. The van der Waals surface area contributed by atoms with Gasteiger partial charge in [-0.3, -0.25) is 4.79 Å². The van der Waals surface area contributed by atoms with Crippen molar-refractivity contribution in [2.75, 3.05) is 0 Å². The summed E-state index contributed by atoms with van der Waals surface area (Å²) in [5, 5.41) is 9.53. The lowest BCUT2D eigenvalue weighted by atomic mass is 9.92. The second-order valence-corrected chi connectivity index (χ2v) is 6.36. The van der Waals surface area contributed by atoms with E-state index >= 15 is 0 Å². The Morgan fingerprint density at radius 3 is 2.67 bits per heavy atom. The number of carboxylic acid groups (broad SMARTS) is 1. The number of hydrogen-bond acceptors (Lipinski definition) is 3. The standard InChI is InChI=1S/C19H22N2O3/c20-16(10-13-6-2-1-3-7-13)18(22)21-12-15-9-5-4-8-14(15)11-17(21)19(23)24/h2,4-9,16-17H,1,3,10-12,20H2,(H,23,24). The summed E-state index contributed by atoms with van der Waals surface area (Å²) in [4.78, 5) is 25.8. The molecule has 0 bridgehead atoms. The molecule has 24 heavy (non-hydrogen) atoms. The van der Waals surface area contributed by atoms with E-state index < -0.39 is 18.1 Å². The molecule has 0 aromatic heterocycles. The molecule has 0 saturated carbocycles. The molecule has 0 fully saturated rings.